The van der Waals surface area contributed by atoms with Crippen LogP contribution in [0.1, 0.15) is 32.9 Å². The summed E-state index contributed by atoms with van der Waals surface area (Å²) in [5.74, 6) is -0.155. The summed E-state index contributed by atoms with van der Waals surface area (Å²) in [5.41, 5.74) is 2.93. The molecule has 4 aromatic rings. The molecule has 1 aromatic carbocycles. The molecular formula is C24H20N4O4. The van der Waals surface area contributed by atoms with Crippen molar-refractivity contribution in [3.63, 3.8) is 0 Å². The SMILES string of the molecule is Cc1c(C#N)c(NC(=O)COC(=O)c2cccc3ncccc23)n(Cc2ccco2)c1C. The zero-order valence-electron chi connectivity index (χ0n) is 17.6. The molecule has 4 rings (SSSR count). The first-order chi connectivity index (χ1) is 15.5. The largest absolute Gasteiger partial charge is 0.467 e. The van der Waals surface area contributed by atoms with Crippen LogP contribution in [-0.2, 0) is 16.1 Å². The molecule has 1 N–H and O–H groups in total. The van der Waals surface area contributed by atoms with Gasteiger partial charge in [0.2, 0.25) is 0 Å². The van der Waals surface area contributed by atoms with Crippen molar-refractivity contribution in [3.8, 4) is 6.07 Å². The summed E-state index contributed by atoms with van der Waals surface area (Å²) >= 11 is 0. The fourth-order valence-corrected chi connectivity index (χ4v) is 3.54. The number of hydrogen-bond acceptors (Lipinski definition) is 6. The van der Waals surface area contributed by atoms with Gasteiger partial charge in [0.05, 0.1) is 29.5 Å². The van der Waals surface area contributed by atoms with Crippen molar-refractivity contribution in [2.24, 2.45) is 0 Å². The van der Waals surface area contributed by atoms with E-state index in [0.29, 0.717) is 40.2 Å². The van der Waals surface area contributed by atoms with Gasteiger partial charge in [-0.15, -0.1) is 0 Å². The maximum Gasteiger partial charge on any atom is 0.339 e. The molecule has 3 aromatic heterocycles. The van der Waals surface area contributed by atoms with Crippen LogP contribution in [0.4, 0.5) is 5.82 Å². The van der Waals surface area contributed by atoms with Gasteiger partial charge in [-0.05, 0) is 49.7 Å². The van der Waals surface area contributed by atoms with Crippen LogP contribution in [0.25, 0.3) is 10.9 Å². The molecule has 0 aliphatic rings. The van der Waals surface area contributed by atoms with Crippen LogP contribution in [0.5, 0.6) is 0 Å². The molecule has 0 saturated carbocycles. The molecule has 0 spiro atoms. The van der Waals surface area contributed by atoms with E-state index >= 15 is 0 Å². The van der Waals surface area contributed by atoms with Crippen molar-refractivity contribution in [2.45, 2.75) is 20.4 Å². The van der Waals surface area contributed by atoms with E-state index < -0.39 is 18.5 Å². The molecule has 0 saturated heterocycles. The second-order valence-electron chi connectivity index (χ2n) is 7.21. The molecule has 0 bridgehead atoms. The summed E-state index contributed by atoms with van der Waals surface area (Å²) < 4.78 is 12.4. The molecule has 0 atom stereocenters. The summed E-state index contributed by atoms with van der Waals surface area (Å²) in [4.78, 5) is 29.4. The number of aromatic nitrogens is 2. The van der Waals surface area contributed by atoms with E-state index in [-0.39, 0.29) is 0 Å². The van der Waals surface area contributed by atoms with Gasteiger partial charge in [0.1, 0.15) is 17.6 Å². The normalized spacial score (nSPS) is 10.7. The van der Waals surface area contributed by atoms with Crippen molar-refractivity contribution < 1.29 is 18.7 Å². The molecule has 1 amide bonds. The minimum absolute atomic E-state index is 0.328. The quantitative estimate of drug-likeness (QED) is 0.466. The minimum Gasteiger partial charge on any atom is -0.467 e. The fourth-order valence-electron chi connectivity index (χ4n) is 3.54. The monoisotopic (exact) mass is 428 g/mol. The van der Waals surface area contributed by atoms with Crippen LogP contribution in [0.3, 0.4) is 0 Å². The topological polar surface area (TPSA) is 110 Å². The number of hydrogen-bond donors (Lipinski definition) is 1. The first-order valence-electron chi connectivity index (χ1n) is 9.92. The van der Waals surface area contributed by atoms with Crippen molar-refractivity contribution in [1.29, 1.82) is 5.26 Å². The number of carbonyl (C=O) groups excluding carboxylic acids is 2. The van der Waals surface area contributed by atoms with Crippen LogP contribution in [0, 0.1) is 25.2 Å². The molecule has 0 aliphatic heterocycles. The lowest BCUT2D eigenvalue weighted by atomic mass is 10.1. The van der Waals surface area contributed by atoms with Crippen LogP contribution in [0.2, 0.25) is 0 Å². The van der Waals surface area contributed by atoms with E-state index in [2.05, 4.69) is 16.4 Å². The van der Waals surface area contributed by atoms with E-state index in [1.54, 1.807) is 53.4 Å². The van der Waals surface area contributed by atoms with Gasteiger partial charge in [0, 0.05) is 17.3 Å². The average molecular weight is 428 g/mol. The first kappa shape index (κ1) is 20.9. The Hall–Kier alpha value is -4.38. The van der Waals surface area contributed by atoms with Gasteiger partial charge in [0.15, 0.2) is 6.61 Å². The second kappa shape index (κ2) is 8.78. The molecule has 0 aliphatic carbocycles. The smallest absolute Gasteiger partial charge is 0.339 e. The Kier molecular flexibility index (Phi) is 5.73. The number of benzene rings is 1. The number of furan rings is 1. The molecule has 0 fully saturated rings. The lowest BCUT2D eigenvalue weighted by Crippen LogP contribution is -2.23. The standard InChI is InChI=1S/C24H20N4O4/c1-15-16(2)28(13-17-6-5-11-31-17)23(20(15)12-25)27-22(29)14-32-24(30)19-7-3-9-21-18(19)8-4-10-26-21/h3-11H,13-14H2,1-2H3,(H,27,29). The lowest BCUT2D eigenvalue weighted by Gasteiger charge is -2.12. The number of fused-ring (bicyclic) bond motifs is 1. The summed E-state index contributed by atoms with van der Waals surface area (Å²) in [6, 6.07) is 14.3. The van der Waals surface area contributed by atoms with E-state index in [4.69, 9.17) is 9.15 Å². The number of anilines is 1. The number of nitrogens with one attached hydrogen (secondary N) is 1. The predicted molar refractivity (Wildman–Crippen MR) is 117 cm³/mol. The van der Waals surface area contributed by atoms with Gasteiger partial charge < -0.3 is 19.0 Å². The Morgan fingerprint density at radius 2 is 2.03 bits per heavy atom. The van der Waals surface area contributed by atoms with Gasteiger partial charge >= 0.3 is 5.97 Å². The summed E-state index contributed by atoms with van der Waals surface area (Å²) in [6.07, 6.45) is 3.20. The number of esters is 1. The molecule has 160 valence electrons. The highest BCUT2D eigenvalue weighted by molar-refractivity contribution is 6.04. The Morgan fingerprint density at radius 1 is 1.19 bits per heavy atom. The first-order valence-corrected chi connectivity index (χ1v) is 9.92. The number of amides is 1. The van der Waals surface area contributed by atoms with Crippen LogP contribution in [-0.4, -0.2) is 28.0 Å². The predicted octanol–water partition coefficient (Wildman–Crippen LogP) is 3.96. The number of ether oxygens (including phenoxy) is 1. The van der Waals surface area contributed by atoms with Gasteiger partial charge in [-0.1, -0.05) is 12.1 Å². The molecule has 8 heteroatoms. The van der Waals surface area contributed by atoms with Crippen LogP contribution in [0.15, 0.2) is 59.3 Å². The second-order valence-corrected chi connectivity index (χ2v) is 7.21. The molecule has 32 heavy (non-hydrogen) atoms. The highest BCUT2D eigenvalue weighted by atomic mass is 16.5. The van der Waals surface area contributed by atoms with Gasteiger partial charge in [-0.3, -0.25) is 9.78 Å². The number of pyridine rings is 1. The maximum atomic E-state index is 12.6. The third-order valence-electron chi connectivity index (χ3n) is 5.29. The van der Waals surface area contributed by atoms with E-state index in [1.165, 1.54) is 0 Å². The van der Waals surface area contributed by atoms with E-state index in [9.17, 15) is 14.9 Å². The Labute approximate surface area is 184 Å². The highest BCUT2D eigenvalue weighted by Gasteiger charge is 2.21. The van der Waals surface area contributed by atoms with Crippen molar-refractivity contribution in [2.75, 3.05) is 11.9 Å². The van der Waals surface area contributed by atoms with Crippen LogP contribution >= 0.6 is 0 Å². The molecule has 8 nitrogen and oxygen atoms in total. The average Bonchev–Trinajstić information content (AvgIpc) is 3.40. The van der Waals surface area contributed by atoms with Gasteiger partial charge in [-0.25, -0.2) is 4.79 Å². The third kappa shape index (κ3) is 3.96. The van der Waals surface area contributed by atoms with Gasteiger partial charge in [-0.2, -0.15) is 5.26 Å². The van der Waals surface area contributed by atoms with Crippen LogP contribution < -0.4 is 5.32 Å². The summed E-state index contributed by atoms with van der Waals surface area (Å²) in [5, 5.41) is 13.0. The molecule has 3 heterocycles. The number of carbonyl (C=O) groups is 2. The fraction of sp³-hybridized carbons (Fsp3) is 0.167. The summed E-state index contributed by atoms with van der Waals surface area (Å²) in [6.45, 7) is 3.53. The van der Waals surface area contributed by atoms with Gasteiger partial charge in [0.25, 0.3) is 5.91 Å². The lowest BCUT2D eigenvalue weighted by molar-refractivity contribution is -0.119. The third-order valence-corrected chi connectivity index (χ3v) is 5.29. The van der Waals surface area contributed by atoms with Crippen molar-refractivity contribution in [3.05, 3.63) is 83.1 Å². The zero-order chi connectivity index (χ0) is 22.7. The Balaban J connectivity index is 1.51. The van der Waals surface area contributed by atoms with Crippen molar-refractivity contribution >= 4 is 28.6 Å². The number of rotatable bonds is 6. The van der Waals surface area contributed by atoms with Crippen molar-refractivity contribution in [1.82, 2.24) is 9.55 Å². The highest BCUT2D eigenvalue weighted by Crippen LogP contribution is 2.27. The molecular weight excluding hydrogens is 408 g/mol. The molecule has 0 unspecified atom stereocenters. The Morgan fingerprint density at radius 3 is 2.78 bits per heavy atom. The van der Waals surface area contributed by atoms with E-state index in [1.807, 2.05) is 19.9 Å². The van der Waals surface area contributed by atoms with E-state index in [0.717, 1.165) is 11.3 Å². The Bertz CT molecular complexity index is 1340. The summed E-state index contributed by atoms with van der Waals surface area (Å²) in [7, 11) is 0. The maximum absolute atomic E-state index is 12.6. The zero-order valence-corrected chi connectivity index (χ0v) is 17.6. The molecule has 0 radical (unpaired) electrons. The number of nitrogens with zero attached hydrogens (tertiary/aromatic N) is 3. The number of nitriles is 1. The minimum atomic E-state index is -0.627.